The van der Waals surface area contributed by atoms with E-state index in [9.17, 15) is 0 Å². The lowest BCUT2D eigenvalue weighted by molar-refractivity contribution is 0.605. The number of hydrogen-bond acceptors (Lipinski definition) is 2. The zero-order valence-corrected chi connectivity index (χ0v) is 6.09. The Labute approximate surface area is 65.1 Å². The van der Waals surface area contributed by atoms with Crippen molar-refractivity contribution < 1.29 is 0 Å². The van der Waals surface area contributed by atoms with Crippen molar-refractivity contribution in [2.45, 2.75) is 12.5 Å². The second-order valence-electron chi connectivity index (χ2n) is 2.53. The van der Waals surface area contributed by atoms with Gasteiger partial charge in [-0.25, -0.2) is 0 Å². The molecule has 1 aromatic heterocycles. The lowest BCUT2D eigenvalue weighted by Crippen LogP contribution is -2.04. The molecule has 1 aliphatic carbocycles. The quantitative estimate of drug-likeness (QED) is 0.600. The van der Waals surface area contributed by atoms with E-state index in [2.05, 4.69) is 28.4 Å². The Bertz CT molecular complexity index is 272. The normalized spacial score (nSPS) is 22.4. The van der Waals surface area contributed by atoms with Crippen LogP contribution in [-0.4, -0.2) is 14.8 Å². The number of nitrogens with zero attached hydrogens (tertiary/aromatic N) is 3. The molecule has 0 aliphatic heterocycles. The van der Waals surface area contributed by atoms with Gasteiger partial charge in [-0.2, -0.15) is 0 Å². The third-order valence-electron chi connectivity index (χ3n) is 1.78. The zero-order valence-electron chi connectivity index (χ0n) is 6.09. The Balaban J connectivity index is 2.19. The van der Waals surface area contributed by atoms with E-state index in [4.69, 9.17) is 0 Å². The highest BCUT2D eigenvalue weighted by Gasteiger charge is 2.05. The van der Waals surface area contributed by atoms with Crippen molar-refractivity contribution in [1.29, 1.82) is 0 Å². The first kappa shape index (κ1) is 6.34. The van der Waals surface area contributed by atoms with Crippen molar-refractivity contribution in [1.82, 2.24) is 14.8 Å². The second-order valence-corrected chi connectivity index (χ2v) is 2.53. The largest absolute Gasteiger partial charge is 0.313 e. The molecule has 3 nitrogen and oxygen atoms in total. The zero-order chi connectivity index (χ0) is 7.52. The van der Waals surface area contributed by atoms with Crippen LogP contribution in [0.5, 0.6) is 0 Å². The van der Waals surface area contributed by atoms with E-state index in [-0.39, 0.29) is 0 Å². The lowest BCUT2D eigenvalue weighted by Gasteiger charge is -2.12. The number of hydrogen-bond donors (Lipinski definition) is 0. The van der Waals surface area contributed by atoms with Crippen LogP contribution in [0.1, 0.15) is 12.5 Å². The summed E-state index contributed by atoms with van der Waals surface area (Å²) in [5, 5.41) is 7.50. The summed E-state index contributed by atoms with van der Waals surface area (Å²) in [7, 11) is 0. The molecule has 0 bridgehead atoms. The van der Waals surface area contributed by atoms with Gasteiger partial charge in [-0.1, -0.05) is 24.3 Å². The predicted molar refractivity (Wildman–Crippen MR) is 42.0 cm³/mol. The van der Waals surface area contributed by atoms with Crippen molar-refractivity contribution >= 4 is 0 Å². The Morgan fingerprint density at radius 3 is 2.64 bits per heavy atom. The summed E-state index contributed by atoms with van der Waals surface area (Å²) in [6, 6.07) is 0.412. The molecule has 0 fully saturated rings. The van der Waals surface area contributed by atoms with Gasteiger partial charge in [0.1, 0.15) is 12.7 Å². The van der Waals surface area contributed by atoms with E-state index in [1.54, 1.807) is 12.7 Å². The standard InChI is InChI=1S/C8H9N3/c1-2-4-8(5-3-1)11-6-9-10-7-11/h1-4,6-8H,5H2. The molecule has 1 unspecified atom stereocenters. The molecular weight excluding hydrogens is 138 g/mol. The van der Waals surface area contributed by atoms with Crippen molar-refractivity contribution in [3.63, 3.8) is 0 Å². The molecule has 0 N–H and O–H groups in total. The fraction of sp³-hybridized carbons (Fsp3) is 0.250. The third kappa shape index (κ3) is 1.22. The Hall–Kier alpha value is -1.38. The monoisotopic (exact) mass is 147 g/mol. The molecule has 0 radical (unpaired) electrons. The van der Waals surface area contributed by atoms with Gasteiger partial charge in [-0.05, 0) is 6.42 Å². The highest BCUT2D eigenvalue weighted by molar-refractivity contribution is 5.12. The first-order valence-corrected chi connectivity index (χ1v) is 3.64. The summed E-state index contributed by atoms with van der Waals surface area (Å²) in [6.07, 6.45) is 12.9. The van der Waals surface area contributed by atoms with Crippen molar-refractivity contribution in [2.24, 2.45) is 0 Å². The first-order valence-electron chi connectivity index (χ1n) is 3.64. The molecular formula is C8H9N3. The molecule has 1 aromatic rings. The average molecular weight is 147 g/mol. The summed E-state index contributed by atoms with van der Waals surface area (Å²) in [4.78, 5) is 0. The van der Waals surface area contributed by atoms with Gasteiger partial charge in [0.15, 0.2) is 0 Å². The van der Waals surface area contributed by atoms with E-state index in [1.807, 2.05) is 10.6 Å². The fourth-order valence-electron chi connectivity index (χ4n) is 1.17. The highest BCUT2D eigenvalue weighted by atomic mass is 15.2. The van der Waals surface area contributed by atoms with Crippen LogP contribution in [0.25, 0.3) is 0 Å². The van der Waals surface area contributed by atoms with Crippen LogP contribution >= 0.6 is 0 Å². The van der Waals surface area contributed by atoms with E-state index in [0.717, 1.165) is 6.42 Å². The van der Waals surface area contributed by atoms with Crippen LogP contribution in [0.2, 0.25) is 0 Å². The molecule has 0 amide bonds. The predicted octanol–water partition coefficient (Wildman–Crippen LogP) is 1.34. The van der Waals surface area contributed by atoms with Crippen LogP contribution in [0, 0.1) is 0 Å². The van der Waals surface area contributed by atoms with E-state index in [0.29, 0.717) is 6.04 Å². The molecule has 1 atom stereocenters. The van der Waals surface area contributed by atoms with E-state index >= 15 is 0 Å². The van der Waals surface area contributed by atoms with Gasteiger partial charge in [0, 0.05) is 0 Å². The summed E-state index contributed by atoms with van der Waals surface area (Å²) >= 11 is 0. The highest BCUT2D eigenvalue weighted by Crippen LogP contribution is 2.15. The van der Waals surface area contributed by atoms with Gasteiger partial charge in [-0.3, -0.25) is 0 Å². The van der Waals surface area contributed by atoms with Crippen molar-refractivity contribution in [2.75, 3.05) is 0 Å². The minimum absolute atomic E-state index is 0.412. The summed E-state index contributed by atoms with van der Waals surface area (Å²) in [6.45, 7) is 0. The number of rotatable bonds is 1. The summed E-state index contributed by atoms with van der Waals surface area (Å²) < 4.78 is 2.00. The number of aromatic nitrogens is 3. The fourth-order valence-corrected chi connectivity index (χ4v) is 1.17. The maximum atomic E-state index is 3.75. The summed E-state index contributed by atoms with van der Waals surface area (Å²) in [5.41, 5.74) is 0. The van der Waals surface area contributed by atoms with Gasteiger partial charge < -0.3 is 4.57 Å². The Kier molecular flexibility index (Phi) is 1.55. The molecule has 1 heterocycles. The van der Waals surface area contributed by atoms with Crippen LogP contribution in [0.15, 0.2) is 37.0 Å². The van der Waals surface area contributed by atoms with Crippen molar-refractivity contribution in [3.8, 4) is 0 Å². The summed E-state index contributed by atoms with van der Waals surface area (Å²) in [5.74, 6) is 0. The Morgan fingerprint density at radius 2 is 2.00 bits per heavy atom. The molecule has 56 valence electrons. The van der Waals surface area contributed by atoms with Crippen LogP contribution in [0.4, 0.5) is 0 Å². The van der Waals surface area contributed by atoms with E-state index < -0.39 is 0 Å². The van der Waals surface area contributed by atoms with Crippen LogP contribution in [-0.2, 0) is 0 Å². The Morgan fingerprint density at radius 1 is 1.18 bits per heavy atom. The smallest absolute Gasteiger partial charge is 0.119 e. The maximum absolute atomic E-state index is 3.75. The lowest BCUT2D eigenvalue weighted by atomic mass is 10.1. The first-order chi connectivity index (χ1) is 5.47. The van der Waals surface area contributed by atoms with E-state index in [1.165, 1.54) is 0 Å². The molecule has 11 heavy (non-hydrogen) atoms. The van der Waals surface area contributed by atoms with Gasteiger partial charge in [0.2, 0.25) is 0 Å². The van der Waals surface area contributed by atoms with Gasteiger partial charge in [0.25, 0.3) is 0 Å². The molecule has 0 spiro atoms. The molecule has 0 saturated heterocycles. The van der Waals surface area contributed by atoms with Gasteiger partial charge in [0.05, 0.1) is 6.04 Å². The van der Waals surface area contributed by atoms with Gasteiger partial charge >= 0.3 is 0 Å². The molecule has 2 rings (SSSR count). The van der Waals surface area contributed by atoms with Crippen molar-refractivity contribution in [3.05, 3.63) is 37.0 Å². The van der Waals surface area contributed by atoms with Crippen LogP contribution < -0.4 is 0 Å². The molecule has 0 saturated carbocycles. The maximum Gasteiger partial charge on any atom is 0.119 e. The van der Waals surface area contributed by atoms with Crippen LogP contribution in [0.3, 0.4) is 0 Å². The molecule has 3 heteroatoms. The topological polar surface area (TPSA) is 30.7 Å². The SMILES string of the molecule is C1=CCC(n2cnnc2)C=C1. The minimum Gasteiger partial charge on any atom is -0.313 e. The minimum atomic E-state index is 0.412. The third-order valence-corrected chi connectivity index (χ3v) is 1.78. The average Bonchev–Trinajstić information content (AvgIpc) is 2.58. The second kappa shape index (κ2) is 2.70. The molecule has 1 aliphatic rings. The molecule has 0 aromatic carbocycles. The van der Waals surface area contributed by atoms with Gasteiger partial charge in [-0.15, -0.1) is 10.2 Å². The number of allylic oxidation sites excluding steroid dienone is 4.